The standard InChI is InChI=1S/C28H39N3O4.C6H10.C3H5F/c1-4-28(35-22-32,21-30(3)25-12-10-24(11-13-25)27(33)34)16-18-29(2)19-23-9-7-5-6-8-17-31(20-23)26-14-15-26;1-4-6(3)5-2;1-3(2)4/h5-8,10-13,20,22,26H,4,9,14-19,21H2,1-3H3,(H,33,34);4-5H,1H2,2-3H3;1H2,2H3/b7-5-,8-6-,23-20+;6-5-;. The molecule has 0 aromatic heterocycles. The van der Waals surface area contributed by atoms with Crippen LogP contribution in [0, 0.1) is 0 Å². The van der Waals surface area contributed by atoms with Crippen LogP contribution in [0.15, 0.2) is 97.1 Å². The Balaban J connectivity index is 0.000000878. The molecule has 2 aliphatic rings. The predicted octanol–water partition coefficient (Wildman–Crippen LogP) is 7.96. The van der Waals surface area contributed by atoms with Gasteiger partial charge in [-0.2, -0.15) is 0 Å². The Labute approximate surface area is 270 Å². The Kier molecular flexibility index (Phi) is 18.2. The molecule has 1 fully saturated rings. The van der Waals surface area contributed by atoms with Gasteiger partial charge in [-0.3, -0.25) is 4.79 Å². The topological polar surface area (TPSA) is 73.3 Å². The van der Waals surface area contributed by atoms with Crippen LogP contribution in [0.2, 0.25) is 0 Å². The van der Waals surface area contributed by atoms with Gasteiger partial charge in [0, 0.05) is 51.0 Å². The lowest BCUT2D eigenvalue weighted by molar-refractivity contribution is -0.144. The minimum absolute atomic E-state index is 0.250. The summed E-state index contributed by atoms with van der Waals surface area (Å²) in [5, 5.41) is 9.15. The second-order valence-electron chi connectivity index (χ2n) is 11.6. The van der Waals surface area contributed by atoms with Crippen molar-refractivity contribution in [3.8, 4) is 0 Å². The number of hydrogen-bond donors (Lipinski definition) is 1. The van der Waals surface area contributed by atoms with Gasteiger partial charge in [-0.1, -0.05) is 62.1 Å². The molecule has 45 heavy (non-hydrogen) atoms. The summed E-state index contributed by atoms with van der Waals surface area (Å²) >= 11 is 0. The lowest BCUT2D eigenvalue weighted by Crippen LogP contribution is -2.45. The number of likely N-dealkylation sites (N-methyl/N-ethyl adjacent to an activating group) is 2. The van der Waals surface area contributed by atoms with E-state index < -0.39 is 11.6 Å². The molecular formula is C37H54FN3O4. The highest BCUT2D eigenvalue weighted by Crippen LogP contribution is 2.29. The van der Waals surface area contributed by atoms with Gasteiger partial charge in [0.1, 0.15) is 5.60 Å². The van der Waals surface area contributed by atoms with Gasteiger partial charge in [-0.25, -0.2) is 9.18 Å². The fourth-order valence-electron chi connectivity index (χ4n) is 4.63. The summed E-state index contributed by atoms with van der Waals surface area (Å²) in [5.41, 5.74) is 3.11. The molecular weight excluding hydrogens is 569 g/mol. The Morgan fingerprint density at radius 2 is 1.80 bits per heavy atom. The number of carbonyl (C=O) groups excluding carboxylic acids is 1. The Morgan fingerprint density at radius 1 is 1.18 bits per heavy atom. The van der Waals surface area contributed by atoms with Crippen LogP contribution in [0.3, 0.4) is 0 Å². The van der Waals surface area contributed by atoms with Gasteiger partial charge in [0.15, 0.2) is 0 Å². The molecule has 1 aromatic carbocycles. The molecule has 0 spiro atoms. The van der Waals surface area contributed by atoms with Crippen molar-refractivity contribution < 1.29 is 23.8 Å². The molecule has 1 atom stereocenters. The van der Waals surface area contributed by atoms with Crippen molar-refractivity contribution in [1.82, 2.24) is 9.80 Å². The van der Waals surface area contributed by atoms with E-state index >= 15 is 0 Å². The highest BCUT2D eigenvalue weighted by atomic mass is 19.1. The van der Waals surface area contributed by atoms with Gasteiger partial charge in [-0.05, 0) is 83.3 Å². The van der Waals surface area contributed by atoms with Crippen molar-refractivity contribution >= 4 is 18.1 Å². The van der Waals surface area contributed by atoms with E-state index in [1.54, 1.807) is 24.3 Å². The summed E-state index contributed by atoms with van der Waals surface area (Å²) < 4.78 is 16.5. The van der Waals surface area contributed by atoms with Gasteiger partial charge in [-0.15, -0.1) is 0 Å². The minimum atomic E-state index is -0.948. The second-order valence-corrected chi connectivity index (χ2v) is 11.6. The number of anilines is 1. The summed E-state index contributed by atoms with van der Waals surface area (Å²) in [6.45, 7) is 17.5. The molecule has 1 aliphatic heterocycles. The number of aromatic carboxylic acids is 1. The summed E-state index contributed by atoms with van der Waals surface area (Å²) in [5.74, 6) is -1.28. The summed E-state index contributed by atoms with van der Waals surface area (Å²) in [6.07, 6.45) is 19.7. The first-order chi connectivity index (χ1) is 21.4. The molecule has 7 nitrogen and oxygen atoms in total. The van der Waals surface area contributed by atoms with Crippen molar-refractivity contribution in [3.63, 3.8) is 0 Å². The average molecular weight is 624 g/mol. The smallest absolute Gasteiger partial charge is 0.335 e. The van der Waals surface area contributed by atoms with Gasteiger partial charge in [0.2, 0.25) is 0 Å². The van der Waals surface area contributed by atoms with Crippen LogP contribution in [-0.4, -0.2) is 79.3 Å². The molecule has 0 saturated heterocycles. The van der Waals surface area contributed by atoms with Crippen LogP contribution in [0.5, 0.6) is 0 Å². The zero-order valence-corrected chi connectivity index (χ0v) is 28.2. The van der Waals surface area contributed by atoms with Crippen molar-refractivity contribution in [2.75, 3.05) is 45.2 Å². The highest BCUT2D eigenvalue weighted by molar-refractivity contribution is 5.88. The lowest BCUT2D eigenvalue weighted by Gasteiger charge is -2.37. The number of ether oxygens (including phenoxy) is 1. The molecule has 1 saturated carbocycles. The third-order valence-electron chi connectivity index (χ3n) is 7.67. The first kappa shape index (κ1) is 39.1. The van der Waals surface area contributed by atoms with Crippen LogP contribution in [-0.2, 0) is 9.53 Å². The molecule has 0 amide bonds. The SMILES string of the molecule is C=C(C)F.C=C/C(C)=C\C.CCC(CCN(C)C/C1=C/N(C2CC2)C/C=C\C=C/C1)(CN(C)c1ccc(C(=O)O)cc1)OC=O. The fraction of sp³-hybridized carbons (Fsp3) is 0.459. The van der Waals surface area contributed by atoms with Crippen molar-refractivity contribution in [2.24, 2.45) is 0 Å². The molecule has 0 bridgehead atoms. The number of carbonyl (C=O) groups is 2. The first-order valence-electron chi connectivity index (χ1n) is 15.6. The van der Waals surface area contributed by atoms with Crippen LogP contribution in [0.4, 0.5) is 10.1 Å². The molecule has 248 valence electrons. The van der Waals surface area contributed by atoms with Crippen LogP contribution >= 0.6 is 0 Å². The molecule has 1 unspecified atom stereocenters. The monoisotopic (exact) mass is 623 g/mol. The summed E-state index contributed by atoms with van der Waals surface area (Å²) in [7, 11) is 4.06. The number of rotatable bonds is 14. The summed E-state index contributed by atoms with van der Waals surface area (Å²) in [4.78, 5) is 29.4. The molecule has 1 heterocycles. The molecule has 0 radical (unpaired) electrons. The Hall–Kier alpha value is -3.91. The van der Waals surface area contributed by atoms with Crippen molar-refractivity contribution in [3.05, 3.63) is 103 Å². The zero-order chi connectivity index (χ0) is 33.8. The maximum Gasteiger partial charge on any atom is 0.335 e. The Bertz CT molecular complexity index is 1200. The minimum Gasteiger partial charge on any atom is -0.478 e. The normalized spacial score (nSPS) is 18.4. The van der Waals surface area contributed by atoms with E-state index in [9.17, 15) is 14.0 Å². The number of halogens is 1. The number of hydrogen-bond acceptors (Lipinski definition) is 6. The third-order valence-corrected chi connectivity index (χ3v) is 7.67. The van der Waals surface area contributed by atoms with E-state index in [1.807, 2.05) is 44.9 Å². The number of benzene rings is 1. The van der Waals surface area contributed by atoms with Crippen LogP contribution < -0.4 is 4.90 Å². The molecule has 8 heteroatoms. The highest BCUT2D eigenvalue weighted by Gasteiger charge is 2.32. The zero-order valence-electron chi connectivity index (χ0n) is 28.2. The maximum atomic E-state index is 11.4. The predicted molar refractivity (Wildman–Crippen MR) is 185 cm³/mol. The van der Waals surface area contributed by atoms with Gasteiger partial charge in [0.05, 0.1) is 17.9 Å². The van der Waals surface area contributed by atoms with E-state index in [0.717, 1.165) is 31.7 Å². The van der Waals surface area contributed by atoms with Crippen LogP contribution in [0.25, 0.3) is 0 Å². The van der Waals surface area contributed by atoms with E-state index in [4.69, 9.17) is 9.84 Å². The number of carboxylic acids is 1. The molecule has 3 rings (SSSR count). The molecule has 1 aliphatic carbocycles. The van der Waals surface area contributed by atoms with E-state index in [0.29, 0.717) is 31.9 Å². The molecule has 1 aromatic rings. The number of carboxylic acid groups (broad SMARTS) is 1. The van der Waals surface area contributed by atoms with E-state index in [2.05, 4.69) is 60.5 Å². The van der Waals surface area contributed by atoms with Gasteiger partial charge < -0.3 is 24.5 Å². The first-order valence-corrected chi connectivity index (χ1v) is 15.6. The number of nitrogens with zero attached hydrogens (tertiary/aromatic N) is 3. The lowest BCUT2D eigenvalue weighted by atomic mass is 9.94. The van der Waals surface area contributed by atoms with E-state index in [1.165, 1.54) is 30.9 Å². The third kappa shape index (κ3) is 16.1. The Morgan fingerprint density at radius 3 is 2.29 bits per heavy atom. The van der Waals surface area contributed by atoms with Gasteiger partial charge >= 0.3 is 5.97 Å². The van der Waals surface area contributed by atoms with Crippen LogP contribution in [0.1, 0.15) is 70.2 Å². The largest absolute Gasteiger partial charge is 0.478 e. The van der Waals surface area contributed by atoms with Crippen molar-refractivity contribution in [2.45, 2.75) is 71.4 Å². The summed E-state index contributed by atoms with van der Waals surface area (Å²) in [6, 6.07) is 7.43. The van der Waals surface area contributed by atoms with E-state index in [-0.39, 0.29) is 11.4 Å². The average Bonchev–Trinajstić information content (AvgIpc) is 3.85. The number of allylic oxidation sites excluding steroid dienone is 7. The maximum absolute atomic E-state index is 11.4. The fourth-order valence-corrected chi connectivity index (χ4v) is 4.63. The molecule has 1 N–H and O–H groups in total. The van der Waals surface area contributed by atoms with Crippen molar-refractivity contribution in [1.29, 1.82) is 0 Å². The van der Waals surface area contributed by atoms with Gasteiger partial charge in [0.25, 0.3) is 6.47 Å². The second kappa shape index (κ2) is 20.9. The quantitative estimate of drug-likeness (QED) is 0.167.